The zero-order valence-corrected chi connectivity index (χ0v) is 16.1. The van der Waals surface area contributed by atoms with Gasteiger partial charge in [-0.1, -0.05) is 91.0 Å². The summed E-state index contributed by atoms with van der Waals surface area (Å²) in [5.74, 6) is 0. The quantitative estimate of drug-likeness (QED) is 0.420. The van der Waals surface area contributed by atoms with Gasteiger partial charge in [0.2, 0.25) is 0 Å². The summed E-state index contributed by atoms with van der Waals surface area (Å²) in [5.41, 5.74) is 15.4. The van der Waals surface area contributed by atoms with E-state index in [0.29, 0.717) is 5.69 Å². The van der Waals surface area contributed by atoms with Gasteiger partial charge in [0.25, 0.3) is 0 Å². The molecule has 0 aliphatic heterocycles. The van der Waals surface area contributed by atoms with Crippen molar-refractivity contribution in [3.05, 3.63) is 91.0 Å². The van der Waals surface area contributed by atoms with E-state index in [2.05, 4.69) is 36.4 Å². The lowest BCUT2D eigenvalue weighted by Gasteiger charge is -2.18. The molecule has 29 heavy (non-hydrogen) atoms. The van der Waals surface area contributed by atoms with E-state index in [1.54, 1.807) is 4.80 Å². The fourth-order valence-corrected chi connectivity index (χ4v) is 3.94. The van der Waals surface area contributed by atoms with E-state index in [0.717, 1.165) is 44.4 Å². The molecule has 0 aliphatic rings. The fourth-order valence-electron chi connectivity index (χ4n) is 3.94. The zero-order chi connectivity index (χ0) is 19.8. The van der Waals surface area contributed by atoms with Gasteiger partial charge in [0.1, 0.15) is 11.0 Å². The van der Waals surface area contributed by atoms with Crippen LogP contribution in [0.3, 0.4) is 0 Å². The smallest absolute Gasteiger partial charge is 0.123 e. The molecule has 0 aliphatic carbocycles. The SMILES string of the molecule is Cn1nc2c(-c3ccccc3)c(N)c(-c3ccccc3)c(-c3ccccc3)c2n1. The fraction of sp³-hybridized carbons (Fsp3) is 0.0400. The Morgan fingerprint density at radius 2 is 0.931 bits per heavy atom. The van der Waals surface area contributed by atoms with Crippen LogP contribution in [0.2, 0.25) is 0 Å². The average Bonchev–Trinajstić information content (AvgIpc) is 3.15. The lowest BCUT2D eigenvalue weighted by atomic mass is 9.87. The summed E-state index contributed by atoms with van der Waals surface area (Å²) in [4.78, 5) is 1.62. The van der Waals surface area contributed by atoms with Crippen molar-refractivity contribution in [3.63, 3.8) is 0 Å². The Kier molecular flexibility index (Phi) is 4.10. The number of aromatic nitrogens is 3. The molecular formula is C25H20N4. The molecule has 5 rings (SSSR count). The molecule has 0 bridgehead atoms. The minimum absolute atomic E-state index is 0.717. The normalized spacial score (nSPS) is 11.1. The van der Waals surface area contributed by atoms with Crippen molar-refractivity contribution in [2.75, 3.05) is 5.73 Å². The molecule has 0 spiro atoms. The number of nitrogens with two attached hydrogens (primary N) is 1. The number of fused-ring (bicyclic) bond motifs is 1. The lowest BCUT2D eigenvalue weighted by molar-refractivity contribution is 0.665. The maximum absolute atomic E-state index is 6.88. The highest BCUT2D eigenvalue weighted by atomic mass is 15.4. The minimum Gasteiger partial charge on any atom is -0.398 e. The molecule has 0 amide bonds. The number of aryl methyl sites for hydroxylation is 1. The van der Waals surface area contributed by atoms with Crippen molar-refractivity contribution in [1.82, 2.24) is 15.0 Å². The molecule has 140 valence electrons. The summed E-state index contributed by atoms with van der Waals surface area (Å²) in [6.07, 6.45) is 0. The van der Waals surface area contributed by atoms with Crippen molar-refractivity contribution in [2.45, 2.75) is 0 Å². The summed E-state index contributed by atoms with van der Waals surface area (Å²) in [5, 5.41) is 9.45. The number of nitrogens with zero attached hydrogens (tertiary/aromatic N) is 3. The Morgan fingerprint density at radius 1 is 0.552 bits per heavy atom. The van der Waals surface area contributed by atoms with E-state index in [4.69, 9.17) is 15.9 Å². The number of nitrogen functional groups attached to an aromatic ring is 1. The first-order chi connectivity index (χ1) is 14.2. The van der Waals surface area contributed by atoms with Gasteiger partial charge in [-0.25, -0.2) is 0 Å². The number of benzene rings is 4. The van der Waals surface area contributed by atoms with Crippen LogP contribution in [0.5, 0.6) is 0 Å². The molecule has 0 atom stereocenters. The van der Waals surface area contributed by atoms with Gasteiger partial charge in [0.05, 0.1) is 5.69 Å². The number of hydrogen-bond donors (Lipinski definition) is 1. The van der Waals surface area contributed by atoms with Gasteiger partial charge in [-0.15, -0.1) is 0 Å². The molecule has 0 saturated heterocycles. The molecule has 1 aromatic heterocycles. The largest absolute Gasteiger partial charge is 0.398 e. The highest BCUT2D eigenvalue weighted by Gasteiger charge is 2.24. The molecule has 5 aromatic rings. The Balaban J connectivity index is 1.98. The van der Waals surface area contributed by atoms with Gasteiger partial charge in [-0.3, -0.25) is 0 Å². The molecule has 0 fully saturated rings. The van der Waals surface area contributed by atoms with Gasteiger partial charge in [0.15, 0.2) is 0 Å². The summed E-state index contributed by atoms with van der Waals surface area (Å²) < 4.78 is 0. The van der Waals surface area contributed by atoms with Crippen molar-refractivity contribution >= 4 is 16.7 Å². The van der Waals surface area contributed by atoms with Gasteiger partial charge < -0.3 is 5.73 Å². The Morgan fingerprint density at radius 3 is 1.41 bits per heavy atom. The second kappa shape index (κ2) is 6.91. The molecule has 1 heterocycles. The lowest BCUT2D eigenvalue weighted by Crippen LogP contribution is -1.99. The number of anilines is 1. The third-order valence-electron chi connectivity index (χ3n) is 5.16. The van der Waals surface area contributed by atoms with Gasteiger partial charge >= 0.3 is 0 Å². The van der Waals surface area contributed by atoms with Crippen molar-refractivity contribution in [2.24, 2.45) is 7.05 Å². The summed E-state index contributed by atoms with van der Waals surface area (Å²) in [6.45, 7) is 0. The highest BCUT2D eigenvalue weighted by Crippen LogP contribution is 2.46. The second-order valence-electron chi connectivity index (χ2n) is 7.02. The molecule has 0 saturated carbocycles. The molecule has 2 N–H and O–H groups in total. The summed E-state index contributed by atoms with van der Waals surface area (Å²) >= 11 is 0. The van der Waals surface area contributed by atoms with Crippen LogP contribution >= 0.6 is 0 Å². The molecule has 0 radical (unpaired) electrons. The van der Waals surface area contributed by atoms with Crippen LogP contribution in [0.15, 0.2) is 91.0 Å². The number of rotatable bonds is 3. The van der Waals surface area contributed by atoms with Gasteiger partial charge in [-0.05, 0) is 16.7 Å². The van der Waals surface area contributed by atoms with Gasteiger partial charge in [-0.2, -0.15) is 15.0 Å². The van der Waals surface area contributed by atoms with E-state index in [-0.39, 0.29) is 0 Å². The Labute approximate surface area is 169 Å². The van der Waals surface area contributed by atoms with E-state index >= 15 is 0 Å². The first-order valence-corrected chi connectivity index (χ1v) is 9.57. The molecular weight excluding hydrogens is 356 g/mol. The first kappa shape index (κ1) is 17.2. The molecule has 4 heteroatoms. The first-order valence-electron chi connectivity index (χ1n) is 9.57. The maximum atomic E-state index is 6.88. The number of hydrogen-bond acceptors (Lipinski definition) is 3. The van der Waals surface area contributed by atoms with Crippen LogP contribution in [0.25, 0.3) is 44.4 Å². The monoisotopic (exact) mass is 376 g/mol. The molecule has 4 aromatic carbocycles. The Hall–Kier alpha value is -3.92. The predicted octanol–water partition coefficient (Wildman–Crippen LogP) is 5.55. The van der Waals surface area contributed by atoms with E-state index in [1.165, 1.54) is 0 Å². The van der Waals surface area contributed by atoms with Crippen molar-refractivity contribution in [1.29, 1.82) is 0 Å². The second-order valence-corrected chi connectivity index (χ2v) is 7.02. The Bertz CT molecular complexity index is 1290. The van der Waals surface area contributed by atoms with E-state index in [9.17, 15) is 0 Å². The standard InChI is InChI=1S/C25H20N4/c1-29-27-24-21(18-13-7-3-8-14-18)20(17-11-5-2-6-12-17)23(26)22(25(24)28-29)19-15-9-4-10-16-19/h2-16H,26H2,1H3. The van der Waals surface area contributed by atoms with Crippen LogP contribution in [-0.4, -0.2) is 15.0 Å². The highest BCUT2D eigenvalue weighted by molar-refractivity contribution is 6.14. The van der Waals surface area contributed by atoms with E-state index in [1.807, 2.05) is 61.6 Å². The maximum Gasteiger partial charge on any atom is 0.123 e. The van der Waals surface area contributed by atoms with Crippen molar-refractivity contribution < 1.29 is 0 Å². The van der Waals surface area contributed by atoms with Crippen LogP contribution in [-0.2, 0) is 7.05 Å². The topological polar surface area (TPSA) is 56.7 Å². The zero-order valence-electron chi connectivity index (χ0n) is 16.1. The van der Waals surface area contributed by atoms with Crippen molar-refractivity contribution in [3.8, 4) is 33.4 Å². The third-order valence-corrected chi connectivity index (χ3v) is 5.16. The van der Waals surface area contributed by atoms with Crippen LogP contribution in [0.4, 0.5) is 5.69 Å². The van der Waals surface area contributed by atoms with Crippen LogP contribution < -0.4 is 5.73 Å². The summed E-state index contributed by atoms with van der Waals surface area (Å²) in [6, 6.07) is 30.7. The average molecular weight is 376 g/mol. The van der Waals surface area contributed by atoms with E-state index < -0.39 is 0 Å². The summed E-state index contributed by atoms with van der Waals surface area (Å²) in [7, 11) is 1.85. The predicted molar refractivity (Wildman–Crippen MR) is 119 cm³/mol. The molecule has 4 nitrogen and oxygen atoms in total. The third kappa shape index (κ3) is 2.86. The minimum atomic E-state index is 0.717. The molecule has 0 unspecified atom stereocenters. The van der Waals surface area contributed by atoms with Crippen LogP contribution in [0, 0.1) is 0 Å². The van der Waals surface area contributed by atoms with Gasteiger partial charge in [0, 0.05) is 23.7 Å². The van der Waals surface area contributed by atoms with Crippen LogP contribution in [0.1, 0.15) is 0 Å².